The fourth-order valence-electron chi connectivity index (χ4n) is 4.94. The SMILES string of the molecule is CN(CCCNC(=O)CCCN1C(=O)NC2(CCCC2)C1=O)C1CCCCC1. The highest BCUT2D eigenvalue weighted by Crippen LogP contribution is 2.35. The normalized spacial score (nSPS) is 22.3. The second-order valence-electron chi connectivity index (χ2n) is 8.76. The van der Waals surface area contributed by atoms with Crippen molar-refractivity contribution in [1.82, 2.24) is 20.4 Å². The van der Waals surface area contributed by atoms with Gasteiger partial charge in [-0.25, -0.2) is 4.79 Å². The van der Waals surface area contributed by atoms with Gasteiger partial charge in [0.1, 0.15) is 5.54 Å². The number of carbonyl (C=O) groups excluding carboxylic acids is 3. The molecule has 4 amide bonds. The molecule has 1 saturated heterocycles. The zero-order valence-corrected chi connectivity index (χ0v) is 17.3. The van der Waals surface area contributed by atoms with Gasteiger partial charge in [0.2, 0.25) is 5.91 Å². The highest BCUT2D eigenvalue weighted by Gasteiger charge is 2.51. The molecule has 3 rings (SSSR count). The first-order valence-electron chi connectivity index (χ1n) is 11.1. The second kappa shape index (κ2) is 9.72. The van der Waals surface area contributed by atoms with Gasteiger partial charge >= 0.3 is 6.03 Å². The summed E-state index contributed by atoms with van der Waals surface area (Å²) in [7, 11) is 2.19. The molecule has 1 aliphatic heterocycles. The summed E-state index contributed by atoms with van der Waals surface area (Å²) in [5.74, 6) is -0.0934. The van der Waals surface area contributed by atoms with Crippen LogP contribution in [-0.2, 0) is 9.59 Å². The fourth-order valence-corrected chi connectivity index (χ4v) is 4.94. The van der Waals surface area contributed by atoms with E-state index in [0.29, 0.717) is 32.0 Å². The Hall–Kier alpha value is -1.63. The summed E-state index contributed by atoms with van der Waals surface area (Å²) in [6, 6.07) is 0.412. The molecular weight excluding hydrogens is 356 g/mol. The highest BCUT2D eigenvalue weighted by atomic mass is 16.2. The third kappa shape index (κ3) is 5.04. The molecule has 3 aliphatic rings. The summed E-state index contributed by atoms with van der Waals surface area (Å²) >= 11 is 0. The molecule has 0 radical (unpaired) electrons. The van der Waals surface area contributed by atoms with Crippen LogP contribution >= 0.6 is 0 Å². The molecule has 0 aromatic heterocycles. The summed E-state index contributed by atoms with van der Waals surface area (Å²) < 4.78 is 0. The van der Waals surface area contributed by atoms with Crippen LogP contribution in [0.3, 0.4) is 0 Å². The molecule has 28 heavy (non-hydrogen) atoms. The van der Waals surface area contributed by atoms with Gasteiger partial charge in [-0.05, 0) is 52.1 Å². The van der Waals surface area contributed by atoms with Crippen LogP contribution in [0.1, 0.15) is 77.0 Å². The first-order valence-corrected chi connectivity index (χ1v) is 11.1. The molecule has 2 aliphatic carbocycles. The van der Waals surface area contributed by atoms with E-state index in [2.05, 4.69) is 22.6 Å². The zero-order valence-electron chi connectivity index (χ0n) is 17.3. The van der Waals surface area contributed by atoms with Crippen molar-refractivity contribution in [3.8, 4) is 0 Å². The van der Waals surface area contributed by atoms with E-state index in [0.717, 1.165) is 38.6 Å². The van der Waals surface area contributed by atoms with Crippen molar-refractivity contribution in [2.45, 2.75) is 88.6 Å². The van der Waals surface area contributed by atoms with E-state index in [1.54, 1.807) is 0 Å². The van der Waals surface area contributed by atoms with Crippen molar-refractivity contribution in [2.75, 3.05) is 26.7 Å². The van der Waals surface area contributed by atoms with Crippen LogP contribution in [0.25, 0.3) is 0 Å². The van der Waals surface area contributed by atoms with Crippen molar-refractivity contribution < 1.29 is 14.4 Å². The standard InChI is InChI=1S/C21H36N4O3/c1-24(17-9-3-2-4-10-17)15-8-14-22-18(26)11-7-16-25-19(27)21(23-20(25)28)12-5-6-13-21/h17H,2-16H2,1H3,(H,22,26)(H,23,28). The molecule has 2 N–H and O–H groups in total. The molecule has 7 nitrogen and oxygen atoms in total. The Balaban J connectivity index is 1.27. The predicted octanol–water partition coefficient (Wildman–Crippen LogP) is 2.40. The Kier molecular flexibility index (Phi) is 7.32. The topological polar surface area (TPSA) is 81.8 Å². The largest absolute Gasteiger partial charge is 0.356 e. The number of rotatable bonds is 9. The lowest BCUT2D eigenvalue weighted by molar-refractivity contribution is -0.131. The number of imide groups is 1. The Morgan fingerprint density at radius 2 is 1.86 bits per heavy atom. The Morgan fingerprint density at radius 3 is 2.57 bits per heavy atom. The Morgan fingerprint density at radius 1 is 1.14 bits per heavy atom. The van der Waals surface area contributed by atoms with Gasteiger partial charge < -0.3 is 15.5 Å². The number of nitrogens with zero attached hydrogens (tertiary/aromatic N) is 2. The summed E-state index contributed by atoms with van der Waals surface area (Å²) in [6.45, 7) is 2.02. The highest BCUT2D eigenvalue weighted by molar-refractivity contribution is 6.07. The van der Waals surface area contributed by atoms with Crippen molar-refractivity contribution in [2.24, 2.45) is 0 Å². The van der Waals surface area contributed by atoms with Gasteiger partial charge in [-0.1, -0.05) is 32.1 Å². The molecule has 3 fully saturated rings. The van der Waals surface area contributed by atoms with Gasteiger partial charge in [-0.15, -0.1) is 0 Å². The molecular formula is C21H36N4O3. The monoisotopic (exact) mass is 392 g/mol. The van der Waals surface area contributed by atoms with Crippen LogP contribution in [0, 0.1) is 0 Å². The summed E-state index contributed by atoms with van der Waals surface area (Å²) in [5, 5.41) is 5.85. The van der Waals surface area contributed by atoms with E-state index in [9.17, 15) is 14.4 Å². The first-order chi connectivity index (χ1) is 13.5. The summed E-state index contributed by atoms with van der Waals surface area (Å²) in [4.78, 5) is 40.5. The number of carbonyl (C=O) groups is 3. The third-order valence-electron chi connectivity index (χ3n) is 6.70. The predicted molar refractivity (Wildman–Crippen MR) is 108 cm³/mol. The molecule has 0 bridgehead atoms. The number of nitrogens with one attached hydrogen (secondary N) is 2. The van der Waals surface area contributed by atoms with Crippen LogP contribution < -0.4 is 10.6 Å². The van der Waals surface area contributed by atoms with Gasteiger partial charge in [0.25, 0.3) is 5.91 Å². The van der Waals surface area contributed by atoms with Crippen LogP contribution in [0.5, 0.6) is 0 Å². The molecule has 0 atom stereocenters. The minimum atomic E-state index is -0.649. The van der Waals surface area contributed by atoms with Crippen LogP contribution in [0.4, 0.5) is 4.79 Å². The van der Waals surface area contributed by atoms with E-state index >= 15 is 0 Å². The van der Waals surface area contributed by atoms with Crippen molar-refractivity contribution >= 4 is 17.8 Å². The zero-order chi connectivity index (χ0) is 20.0. The third-order valence-corrected chi connectivity index (χ3v) is 6.70. The smallest absolute Gasteiger partial charge is 0.325 e. The molecule has 158 valence electrons. The molecule has 0 unspecified atom stereocenters. The maximum absolute atomic E-state index is 12.6. The van der Waals surface area contributed by atoms with Gasteiger partial charge in [-0.3, -0.25) is 14.5 Å². The molecule has 0 aromatic carbocycles. The minimum Gasteiger partial charge on any atom is -0.356 e. The number of urea groups is 1. The van der Waals surface area contributed by atoms with E-state index in [4.69, 9.17) is 0 Å². The van der Waals surface area contributed by atoms with Crippen LogP contribution in [-0.4, -0.2) is 65.9 Å². The van der Waals surface area contributed by atoms with Crippen LogP contribution in [0.2, 0.25) is 0 Å². The quantitative estimate of drug-likeness (QED) is 0.466. The fraction of sp³-hybridized carbons (Fsp3) is 0.857. The molecule has 0 aromatic rings. The molecule has 2 saturated carbocycles. The average Bonchev–Trinajstić information content (AvgIpc) is 3.26. The Labute approximate surface area is 168 Å². The minimum absolute atomic E-state index is 0.00273. The van der Waals surface area contributed by atoms with Gasteiger partial charge in [-0.2, -0.15) is 0 Å². The maximum atomic E-state index is 12.6. The molecule has 7 heteroatoms. The molecule has 1 heterocycles. The molecule has 1 spiro atoms. The van der Waals surface area contributed by atoms with Crippen molar-refractivity contribution in [3.05, 3.63) is 0 Å². The second-order valence-corrected chi connectivity index (χ2v) is 8.76. The number of hydrogen-bond donors (Lipinski definition) is 2. The lowest BCUT2D eigenvalue weighted by Crippen LogP contribution is -2.44. The number of amides is 4. The van der Waals surface area contributed by atoms with Gasteiger partial charge in [0.15, 0.2) is 0 Å². The average molecular weight is 393 g/mol. The maximum Gasteiger partial charge on any atom is 0.325 e. The number of hydrogen-bond acceptors (Lipinski definition) is 4. The van der Waals surface area contributed by atoms with E-state index in [1.807, 2.05) is 0 Å². The lowest BCUT2D eigenvalue weighted by atomic mass is 9.94. The van der Waals surface area contributed by atoms with Gasteiger partial charge in [0.05, 0.1) is 0 Å². The van der Waals surface area contributed by atoms with E-state index in [1.165, 1.54) is 37.0 Å². The summed E-state index contributed by atoms with van der Waals surface area (Å²) in [6.07, 6.45) is 11.9. The van der Waals surface area contributed by atoms with Gasteiger partial charge in [0, 0.05) is 25.6 Å². The van der Waals surface area contributed by atoms with Crippen molar-refractivity contribution in [1.29, 1.82) is 0 Å². The van der Waals surface area contributed by atoms with Crippen molar-refractivity contribution in [3.63, 3.8) is 0 Å². The Bertz CT molecular complexity index is 568. The first kappa shape index (κ1) is 21.1. The van der Waals surface area contributed by atoms with E-state index < -0.39 is 5.54 Å². The summed E-state index contributed by atoms with van der Waals surface area (Å²) in [5.41, 5.74) is -0.649. The van der Waals surface area contributed by atoms with E-state index in [-0.39, 0.29) is 17.8 Å². The lowest BCUT2D eigenvalue weighted by Gasteiger charge is -2.31. The van der Waals surface area contributed by atoms with Crippen LogP contribution in [0.15, 0.2) is 0 Å².